The van der Waals surface area contributed by atoms with E-state index in [4.69, 9.17) is 4.74 Å². The maximum Gasteiger partial charge on any atom is 0.256 e. The summed E-state index contributed by atoms with van der Waals surface area (Å²) >= 11 is 0. The Bertz CT molecular complexity index is 727. The fourth-order valence-electron chi connectivity index (χ4n) is 2.78. The summed E-state index contributed by atoms with van der Waals surface area (Å²) in [6.07, 6.45) is 5.43. The maximum atomic E-state index is 12.4. The molecule has 3 rings (SSSR count). The lowest BCUT2D eigenvalue weighted by atomic mass is 10.0. The van der Waals surface area contributed by atoms with Gasteiger partial charge in [0.05, 0.1) is 13.2 Å². The van der Waals surface area contributed by atoms with Crippen LogP contribution in [-0.2, 0) is 0 Å². The molecular weight excluding hydrogens is 322 g/mol. The van der Waals surface area contributed by atoms with E-state index in [0.29, 0.717) is 43.5 Å². The zero-order valence-electron chi connectivity index (χ0n) is 14.1. The number of hydrogen-bond donors (Lipinski definition) is 2. The Balaban J connectivity index is 1.61. The van der Waals surface area contributed by atoms with Crippen LogP contribution in [0.5, 0.6) is 5.88 Å². The quantitative estimate of drug-likeness (QED) is 0.794. The van der Waals surface area contributed by atoms with Crippen molar-refractivity contribution in [1.82, 2.24) is 20.3 Å². The molecule has 1 aliphatic heterocycles. The molecule has 0 radical (unpaired) electrons. The van der Waals surface area contributed by atoms with E-state index in [1.54, 1.807) is 36.8 Å². The molecule has 2 aromatic heterocycles. The fraction of sp³-hybridized carbons (Fsp3) is 0.412. The first-order valence-electron chi connectivity index (χ1n) is 8.22. The van der Waals surface area contributed by atoms with Gasteiger partial charge < -0.3 is 20.1 Å². The standard InChI is InChI=1S/C17H21N5O3/c1-2-25-15-13(5-3-7-18-15)14(23)21-11-17(24)6-10-22(12-17)16-19-8-4-9-20-16/h3-5,7-9,24H,2,6,10-12H2,1H3,(H,21,23)/t17-/m1/s1. The van der Waals surface area contributed by atoms with E-state index in [1.165, 1.54) is 0 Å². The number of pyridine rings is 1. The van der Waals surface area contributed by atoms with E-state index < -0.39 is 5.60 Å². The summed E-state index contributed by atoms with van der Waals surface area (Å²) in [5, 5.41) is 13.5. The smallest absolute Gasteiger partial charge is 0.256 e. The summed E-state index contributed by atoms with van der Waals surface area (Å²) < 4.78 is 5.37. The molecule has 0 spiro atoms. The minimum absolute atomic E-state index is 0.135. The highest BCUT2D eigenvalue weighted by Gasteiger charge is 2.37. The van der Waals surface area contributed by atoms with Crippen LogP contribution in [0, 0.1) is 0 Å². The molecule has 1 atom stereocenters. The lowest BCUT2D eigenvalue weighted by Gasteiger charge is -2.23. The maximum absolute atomic E-state index is 12.4. The molecule has 1 amide bonds. The van der Waals surface area contributed by atoms with Crippen molar-refractivity contribution in [2.24, 2.45) is 0 Å². The van der Waals surface area contributed by atoms with E-state index in [2.05, 4.69) is 20.3 Å². The second kappa shape index (κ2) is 7.43. The number of hydrogen-bond acceptors (Lipinski definition) is 7. The third kappa shape index (κ3) is 4.03. The third-order valence-corrected chi connectivity index (χ3v) is 4.04. The van der Waals surface area contributed by atoms with Crippen molar-refractivity contribution in [1.29, 1.82) is 0 Å². The number of ether oxygens (including phenoxy) is 1. The number of carbonyl (C=O) groups excluding carboxylic acids is 1. The predicted octanol–water partition coefficient (Wildman–Crippen LogP) is 0.641. The number of aliphatic hydroxyl groups is 1. The molecule has 132 valence electrons. The average Bonchev–Trinajstić information content (AvgIpc) is 3.04. The van der Waals surface area contributed by atoms with Gasteiger partial charge in [0.25, 0.3) is 5.91 Å². The van der Waals surface area contributed by atoms with Crippen LogP contribution in [0.1, 0.15) is 23.7 Å². The number of nitrogens with zero attached hydrogens (tertiary/aromatic N) is 4. The predicted molar refractivity (Wildman–Crippen MR) is 91.6 cm³/mol. The molecule has 8 nitrogen and oxygen atoms in total. The highest BCUT2D eigenvalue weighted by Crippen LogP contribution is 2.24. The van der Waals surface area contributed by atoms with Gasteiger partial charge in [0.2, 0.25) is 11.8 Å². The Morgan fingerprint density at radius 3 is 2.84 bits per heavy atom. The number of anilines is 1. The second-order valence-corrected chi connectivity index (χ2v) is 5.92. The Labute approximate surface area is 145 Å². The zero-order chi connectivity index (χ0) is 17.7. The molecule has 2 aromatic rings. The number of β-amino-alcohol motifs (C(OH)–C–C–N with tert-alkyl or cyclic N) is 1. The molecule has 3 heterocycles. The summed E-state index contributed by atoms with van der Waals surface area (Å²) in [5.41, 5.74) is -0.669. The second-order valence-electron chi connectivity index (χ2n) is 5.92. The highest BCUT2D eigenvalue weighted by molar-refractivity contribution is 5.96. The van der Waals surface area contributed by atoms with Crippen LogP contribution in [0.25, 0.3) is 0 Å². The van der Waals surface area contributed by atoms with Gasteiger partial charge in [-0.15, -0.1) is 0 Å². The van der Waals surface area contributed by atoms with Crippen molar-refractivity contribution in [2.45, 2.75) is 18.9 Å². The van der Waals surface area contributed by atoms with Crippen molar-refractivity contribution < 1.29 is 14.6 Å². The monoisotopic (exact) mass is 343 g/mol. The molecule has 0 bridgehead atoms. The van der Waals surface area contributed by atoms with Gasteiger partial charge in [-0.25, -0.2) is 15.0 Å². The summed E-state index contributed by atoms with van der Waals surface area (Å²) in [4.78, 5) is 26.8. The summed E-state index contributed by atoms with van der Waals surface area (Å²) in [7, 11) is 0. The van der Waals surface area contributed by atoms with Crippen molar-refractivity contribution in [3.05, 3.63) is 42.4 Å². The van der Waals surface area contributed by atoms with E-state index in [0.717, 1.165) is 0 Å². The van der Waals surface area contributed by atoms with Crippen LogP contribution < -0.4 is 15.0 Å². The van der Waals surface area contributed by atoms with Crippen LogP contribution in [-0.4, -0.2) is 57.8 Å². The van der Waals surface area contributed by atoms with Crippen LogP contribution in [0.3, 0.4) is 0 Å². The summed E-state index contributed by atoms with van der Waals surface area (Å²) in [6.45, 7) is 3.39. The molecule has 1 aliphatic rings. The van der Waals surface area contributed by atoms with Crippen LogP contribution in [0.15, 0.2) is 36.8 Å². The minimum atomic E-state index is -1.02. The Hall–Kier alpha value is -2.74. The lowest BCUT2D eigenvalue weighted by molar-refractivity contribution is 0.0574. The lowest BCUT2D eigenvalue weighted by Crippen LogP contribution is -2.45. The van der Waals surface area contributed by atoms with Gasteiger partial charge in [0, 0.05) is 31.7 Å². The zero-order valence-corrected chi connectivity index (χ0v) is 14.1. The Morgan fingerprint density at radius 2 is 2.08 bits per heavy atom. The van der Waals surface area contributed by atoms with Gasteiger partial charge in [0.15, 0.2) is 0 Å². The molecule has 0 aromatic carbocycles. The van der Waals surface area contributed by atoms with Gasteiger partial charge in [-0.3, -0.25) is 4.79 Å². The Morgan fingerprint density at radius 1 is 1.32 bits per heavy atom. The number of nitrogens with one attached hydrogen (secondary N) is 1. The first-order chi connectivity index (χ1) is 12.1. The summed E-state index contributed by atoms with van der Waals surface area (Å²) in [5.74, 6) is 0.551. The van der Waals surface area contributed by atoms with Gasteiger partial charge in [-0.05, 0) is 31.5 Å². The van der Waals surface area contributed by atoms with E-state index in [9.17, 15) is 9.90 Å². The van der Waals surface area contributed by atoms with Crippen molar-refractivity contribution in [3.8, 4) is 5.88 Å². The van der Waals surface area contributed by atoms with Gasteiger partial charge >= 0.3 is 0 Å². The molecule has 1 saturated heterocycles. The van der Waals surface area contributed by atoms with Crippen LogP contribution >= 0.6 is 0 Å². The number of carbonyl (C=O) groups is 1. The summed E-state index contributed by atoms with van der Waals surface area (Å²) in [6, 6.07) is 5.07. The third-order valence-electron chi connectivity index (χ3n) is 4.04. The van der Waals surface area contributed by atoms with Crippen LogP contribution in [0.2, 0.25) is 0 Å². The highest BCUT2D eigenvalue weighted by atomic mass is 16.5. The Kier molecular flexibility index (Phi) is 5.08. The van der Waals surface area contributed by atoms with Crippen LogP contribution in [0.4, 0.5) is 5.95 Å². The fourth-order valence-corrected chi connectivity index (χ4v) is 2.78. The topological polar surface area (TPSA) is 100 Å². The van der Waals surface area contributed by atoms with Gasteiger partial charge in [0.1, 0.15) is 11.2 Å². The van der Waals surface area contributed by atoms with Crippen molar-refractivity contribution in [3.63, 3.8) is 0 Å². The molecule has 0 aliphatic carbocycles. The van der Waals surface area contributed by atoms with E-state index in [1.807, 2.05) is 11.8 Å². The number of rotatable bonds is 6. The van der Waals surface area contributed by atoms with Gasteiger partial charge in [-0.2, -0.15) is 0 Å². The molecule has 25 heavy (non-hydrogen) atoms. The SMILES string of the molecule is CCOc1ncccc1C(=O)NC[C@]1(O)CCN(c2ncccn2)C1. The normalized spacial score (nSPS) is 19.7. The van der Waals surface area contributed by atoms with E-state index in [-0.39, 0.29) is 12.5 Å². The number of amides is 1. The first kappa shape index (κ1) is 17.1. The van der Waals surface area contributed by atoms with Gasteiger partial charge in [-0.1, -0.05) is 0 Å². The average molecular weight is 343 g/mol. The molecule has 0 unspecified atom stereocenters. The minimum Gasteiger partial charge on any atom is -0.477 e. The van der Waals surface area contributed by atoms with E-state index >= 15 is 0 Å². The molecule has 8 heteroatoms. The molecule has 1 fully saturated rings. The van der Waals surface area contributed by atoms with Crippen molar-refractivity contribution in [2.75, 3.05) is 31.1 Å². The molecule has 2 N–H and O–H groups in total. The van der Waals surface area contributed by atoms with Crippen molar-refractivity contribution >= 4 is 11.9 Å². The molecular formula is C17H21N5O3. The largest absolute Gasteiger partial charge is 0.477 e. The first-order valence-corrected chi connectivity index (χ1v) is 8.22. The number of aromatic nitrogens is 3. The molecule has 0 saturated carbocycles.